The molecule has 2 aromatic rings. The van der Waals surface area contributed by atoms with Crippen molar-refractivity contribution in [2.24, 2.45) is 5.11 Å². The molecule has 7 atom stereocenters. The summed E-state index contributed by atoms with van der Waals surface area (Å²) in [5.74, 6) is -1.15. The quantitative estimate of drug-likeness (QED) is 0.365. The van der Waals surface area contributed by atoms with Gasteiger partial charge in [-0.25, -0.2) is 4.79 Å². The topological polar surface area (TPSA) is 132 Å². The maximum atomic E-state index is 11.5. The van der Waals surface area contributed by atoms with Gasteiger partial charge >= 0.3 is 5.97 Å². The number of azide groups is 1. The number of nitrogens with zero attached hydrogens (tertiary/aromatic N) is 3. The molecule has 0 radical (unpaired) electrons. The van der Waals surface area contributed by atoms with Gasteiger partial charge in [0, 0.05) is 10.5 Å². The van der Waals surface area contributed by atoms with E-state index < -0.39 is 49.0 Å². The molecule has 2 saturated heterocycles. The molecule has 10 heteroatoms. The van der Waals surface area contributed by atoms with E-state index in [-0.39, 0.29) is 13.2 Å². The lowest BCUT2D eigenvalue weighted by Gasteiger charge is -2.48. The van der Waals surface area contributed by atoms with Crippen molar-refractivity contribution in [1.29, 1.82) is 0 Å². The van der Waals surface area contributed by atoms with Crippen molar-refractivity contribution in [2.45, 2.75) is 56.6 Å². The Morgan fingerprint density at radius 1 is 1.18 bits per heavy atom. The Kier molecular flexibility index (Phi) is 7.56. The minimum atomic E-state index is -1.17. The maximum Gasteiger partial charge on any atom is 0.332 e. The van der Waals surface area contributed by atoms with Crippen LogP contribution in [0.2, 0.25) is 0 Å². The molecule has 10 nitrogen and oxygen atoms in total. The second kappa shape index (κ2) is 10.8. The van der Waals surface area contributed by atoms with Crippen LogP contribution >= 0.6 is 0 Å². The third-order valence-corrected chi connectivity index (χ3v) is 5.53. The molecule has 2 aliphatic heterocycles. The Labute approximate surface area is 190 Å². The Morgan fingerprint density at radius 3 is 2.55 bits per heavy atom. The molecule has 2 fully saturated rings. The SMILES string of the molecule is C[C@@H](OC1[C@@H](N=[N+]=[N-])C(OCc2ccccc2)O[C@@H]2CO[C@H](c3ccccc3)O[C@@H]12)C(=O)O. The van der Waals surface area contributed by atoms with Gasteiger partial charge < -0.3 is 28.8 Å². The van der Waals surface area contributed by atoms with E-state index in [0.29, 0.717) is 0 Å². The van der Waals surface area contributed by atoms with E-state index in [9.17, 15) is 15.4 Å². The van der Waals surface area contributed by atoms with Crippen molar-refractivity contribution in [2.75, 3.05) is 6.61 Å². The second-order valence-electron chi connectivity index (χ2n) is 7.79. The van der Waals surface area contributed by atoms with Crippen molar-refractivity contribution in [1.82, 2.24) is 0 Å². The van der Waals surface area contributed by atoms with Gasteiger partial charge in [0.2, 0.25) is 0 Å². The first-order valence-corrected chi connectivity index (χ1v) is 10.6. The maximum absolute atomic E-state index is 11.5. The molecule has 0 saturated carbocycles. The lowest BCUT2D eigenvalue weighted by molar-refractivity contribution is -0.349. The molecule has 2 aromatic carbocycles. The number of hydrogen-bond donors (Lipinski definition) is 1. The van der Waals surface area contributed by atoms with E-state index in [1.165, 1.54) is 6.92 Å². The van der Waals surface area contributed by atoms with Gasteiger partial charge in [0.05, 0.1) is 13.2 Å². The average Bonchev–Trinajstić information content (AvgIpc) is 2.85. The molecular weight excluding hydrogens is 430 g/mol. The van der Waals surface area contributed by atoms with Crippen molar-refractivity contribution in [3.63, 3.8) is 0 Å². The van der Waals surface area contributed by atoms with Gasteiger partial charge in [-0.05, 0) is 18.0 Å². The Bertz CT molecular complexity index is 971. The molecule has 2 unspecified atom stereocenters. The fourth-order valence-corrected chi connectivity index (χ4v) is 3.86. The van der Waals surface area contributed by atoms with Crippen LogP contribution in [0.3, 0.4) is 0 Å². The fraction of sp³-hybridized carbons (Fsp3) is 0.435. The normalized spacial score (nSPS) is 30.0. The van der Waals surface area contributed by atoms with Crippen LogP contribution in [-0.2, 0) is 35.1 Å². The van der Waals surface area contributed by atoms with Crippen LogP contribution in [0.15, 0.2) is 65.8 Å². The van der Waals surface area contributed by atoms with E-state index >= 15 is 0 Å². The van der Waals surface area contributed by atoms with Crippen LogP contribution in [-0.4, -0.2) is 54.4 Å². The zero-order chi connectivity index (χ0) is 23.2. The summed E-state index contributed by atoms with van der Waals surface area (Å²) in [6.07, 6.45) is -5.12. The van der Waals surface area contributed by atoms with Gasteiger partial charge in [0.15, 0.2) is 18.7 Å². The summed E-state index contributed by atoms with van der Waals surface area (Å²) in [6.45, 7) is 1.78. The van der Waals surface area contributed by atoms with Crippen molar-refractivity contribution < 1.29 is 33.6 Å². The van der Waals surface area contributed by atoms with Gasteiger partial charge in [-0.1, -0.05) is 65.8 Å². The number of ether oxygens (including phenoxy) is 5. The van der Waals surface area contributed by atoms with Gasteiger partial charge in [0.1, 0.15) is 24.4 Å². The smallest absolute Gasteiger partial charge is 0.332 e. The highest BCUT2D eigenvalue weighted by atomic mass is 16.8. The van der Waals surface area contributed by atoms with Gasteiger partial charge in [-0.3, -0.25) is 0 Å². The predicted molar refractivity (Wildman–Crippen MR) is 115 cm³/mol. The highest BCUT2D eigenvalue weighted by molar-refractivity contribution is 5.71. The Morgan fingerprint density at radius 2 is 1.88 bits per heavy atom. The number of carboxylic acids is 1. The van der Waals surface area contributed by atoms with Gasteiger partial charge in [-0.15, -0.1) is 0 Å². The van der Waals surface area contributed by atoms with E-state index in [1.54, 1.807) is 0 Å². The summed E-state index contributed by atoms with van der Waals surface area (Å²) in [7, 11) is 0. The minimum Gasteiger partial charge on any atom is -0.479 e. The third-order valence-electron chi connectivity index (χ3n) is 5.53. The van der Waals surface area contributed by atoms with Crippen LogP contribution in [0.25, 0.3) is 10.4 Å². The van der Waals surface area contributed by atoms with Gasteiger partial charge in [-0.2, -0.15) is 0 Å². The predicted octanol–water partition coefficient (Wildman–Crippen LogP) is 3.58. The summed E-state index contributed by atoms with van der Waals surface area (Å²) in [5, 5.41) is 13.3. The summed E-state index contributed by atoms with van der Waals surface area (Å²) in [5.41, 5.74) is 10.9. The first kappa shape index (κ1) is 23.2. The standard InChI is InChI=1S/C23H25N3O7/c1-14(21(27)28)31-20-18(25-26-24)23(29-12-15-8-4-2-5-9-15)32-17-13-30-22(33-19(17)20)16-10-6-3-7-11-16/h2-11,14,17-20,22-23H,12-13H2,1H3,(H,27,28)/t14-,17-,18-,19-,20?,22+,23?/m1/s1. The number of carboxylic acid groups (broad SMARTS) is 1. The number of hydrogen-bond acceptors (Lipinski definition) is 7. The molecular formula is C23H25N3O7. The second-order valence-corrected chi connectivity index (χ2v) is 7.79. The molecule has 2 aliphatic rings. The van der Waals surface area contributed by atoms with Crippen molar-refractivity contribution >= 4 is 5.97 Å². The third kappa shape index (κ3) is 5.51. The number of fused-ring (bicyclic) bond motifs is 1. The Balaban J connectivity index is 1.59. The van der Waals surface area contributed by atoms with E-state index in [2.05, 4.69) is 10.0 Å². The lowest BCUT2D eigenvalue weighted by atomic mass is 9.95. The minimum absolute atomic E-state index is 0.166. The highest BCUT2D eigenvalue weighted by Gasteiger charge is 2.51. The zero-order valence-electron chi connectivity index (χ0n) is 18.0. The monoisotopic (exact) mass is 455 g/mol. The van der Waals surface area contributed by atoms with Crippen LogP contribution in [0, 0.1) is 0 Å². The van der Waals surface area contributed by atoms with Crippen LogP contribution in [0.4, 0.5) is 0 Å². The zero-order valence-corrected chi connectivity index (χ0v) is 18.0. The molecule has 33 heavy (non-hydrogen) atoms. The molecule has 2 heterocycles. The van der Waals surface area contributed by atoms with Crippen molar-refractivity contribution in [3.8, 4) is 0 Å². The average molecular weight is 455 g/mol. The summed E-state index contributed by atoms with van der Waals surface area (Å²) < 4.78 is 29.9. The molecule has 174 valence electrons. The molecule has 0 aromatic heterocycles. The molecule has 4 rings (SSSR count). The highest BCUT2D eigenvalue weighted by Crippen LogP contribution is 2.37. The summed E-state index contributed by atoms with van der Waals surface area (Å²) in [4.78, 5) is 14.5. The van der Waals surface area contributed by atoms with Crippen LogP contribution in [0.1, 0.15) is 24.3 Å². The number of aliphatic carboxylic acids is 1. The number of carbonyl (C=O) groups is 1. The van der Waals surface area contributed by atoms with E-state index in [0.717, 1.165) is 11.1 Å². The van der Waals surface area contributed by atoms with E-state index in [4.69, 9.17) is 23.7 Å². The molecule has 0 spiro atoms. The largest absolute Gasteiger partial charge is 0.479 e. The summed E-state index contributed by atoms with van der Waals surface area (Å²) in [6, 6.07) is 17.8. The first-order valence-electron chi connectivity index (χ1n) is 10.6. The molecule has 0 aliphatic carbocycles. The summed E-state index contributed by atoms with van der Waals surface area (Å²) >= 11 is 0. The van der Waals surface area contributed by atoms with E-state index in [1.807, 2.05) is 60.7 Å². The lowest BCUT2D eigenvalue weighted by Crippen LogP contribution is -2.63. The fourth-order valence-electron chi connectivity index (χ4n) is 3.86. The number of rotatable bonds is 8. The van der Waals surface area contributed by atoms with Crippen molar-refractivity contribution in [3.05, 3.63) is 82.2 Å². The number of benzene rings is 2. The first-order chi connectivity index (χ1) is 16.1. The Hall–Kier alpha value is -2.98. The van der Waals surface area contributed by atoms with Crippen LogP contribution in [0.5, 0.6) is 0 Å². The van der Waals surface area contributed by atoms with Gasteiger partial charge in [0.25, 0.3) is 0 Å². The molecule has 0 bridgehead atoms. The molecule has 1 N–H and O–H groups in total. The van der Waals surface area contributed by atoms with Crippen LogP contribution < -0.4 is 0 Å². The molecule has 0 amide bonds.